The van der Waals surface area contributed by atoms with E-state index in [9.17, 15) is 24.3 Å². The lowest BCUT2D eigenvalue weighted by Gasteiger charge is -2.33. The molecule has 0 saturated heterocycles. The highest BCUT2D eigenvalue weighted by molar-refractivity contribution is 5.86. The maximum atomic E-state index is 13.7. The largest absolute Gasteiger partial charge is 0.453 e. The second-order valence-corrected chi connectivity index (χ2v) is 12.5. The number of hydrogen-bond acceptors (Lipinski definition) is 10. The van der Waals surface area contributed by atoms with Gasteiger partial charge in [-0.1, -0.05) is 95.1 Å². The average molecular weight is 706 g/mol. The number of hydrogen-bond donors (Lipinski definition) is 5. The molecular weight excluding hydrogens is 654 g/mol. The van der Waals surface area contributed by atoms with Crippen molar-refractivity contribution in [3.05, 3.63) is 84.3 Å². The lowest BCUT2D eigenvalue weighted by Crippen LogP contribution is -2.59. The Morgan fingerprint density at radius 3 is 1.90 bits per heavy atom. The van der Waals surface area contributed by atoms with Gasteiger partial charge in [0.15, 0.2) is 0 Å². The normalized spacial score (nSPS) is 14.6. The van der Waals surface area contributed by atoms with Crippen molar-refractivity contribution in [2.45, 2.75) is 77.7 Å². The van der Waals surface area contributed by atoms with Gasteiger partial charge in [-0.25, -0.2) is 14.6 Å². The Bertz CT molecular complexity index is 1530. The first-order chi connectivity index (χ1) is 24.5. The topological polar surface area (TPSA) is 184 Å². The number of alkyl carbamates (subject to hydrolysis) is 2. The van der Waals surface area contributed by atoms with Crippen LogP contribution in [0.15, 0.2) is 73.2 Å². The average Bonchev–Trinajstić information content (AvgIpc) is 3.15. The minimum Gasteiger partial charge on any atom is -0.453 e. The van der Waals surface area contributed by atoms with Crippen molar-refractivity contribution >= 4 is 24.0 Å². The van der Waals surface area contributed by atoms with Crippen molar-refractivity contribution in [2.75, 3.05) is 20.8 Å². The van der Waals surface area contributed by atoms with Crippen LogP contribution in [-0.2, 0) is 32.0 Å². The molecule has 2 aromatic carbocycles. The van der Waals surface area contributed by atoms with Gasteiger partial charge in [-0.15, -0.1) is 0 Å². The second-order valence-electron chi connectivity index (χ2n) is 12.5. The van der Waals surface area contributed by atoms with E-state index in [0.717, 1.165) is 16.7 Å². The van der Waals surface area contributed by atoms with Gasteiger partial charge < -0.3 is 30.5 Å². The quantitative estimate of drug-likeness (QED) is 0.123. The molecule has 6 atom stereocenters. The number of hydrazine groups is 1. The zero-order valence-corrected chi connectivity index (χ0v) is 30.2. The van der Waals surface area contributed by atoms with Gasteiger partial charge in [-0.05, 0) is 29.4 Å². The van der Waals surface area contributed by atoms with Crippen LogP contribution in [0.1, 0.15) is 51.7 Å². The molecule has 14 heteroatoms. The predicted molar refractivity (Wildman–Crippen MR) is 192 cm³/mol. The van der Waals surface area contributed by atoms with E-state index in [1.54, 1.807) is 23.6 Å². The maximum Gasteiger partial charge on any atom is 0.407 e. The lowest BCUT2D eigenvalue weighted by molar-refractivity contribution is -0.131. The van der Waals surface area contributed by atoms with Gasteiger partial charge in [0.2, 0.25) is 5.91 Å². The number of benzene rings is 2. The van der Waals surface area contributed by atoms with Crippen LogP contribution in [0.2, 0.25) is 0 Å². The van der Waals surface area contributed by atoms with E-state index in [-0.39, 0.29) is 31.3 Å². The van der Waals surface area contributed by atoms with Crippen LogP contribution >= 0.6 is 0 Å². The SMILES string of the molecule is CC[C@H](C)[C@H](NC(=O)OC)C(=O)N[C@@H](Cc1ccccc1)[C@@H](O)CN(Cc1ccc(-c2cnccn2)cc1)NC(=O)[C@@H](NC(=O)OC)[C@@H](C)CC. The van der Waals surface area contributed by atoms with E-state index in [2.05, 4.69) is 31.3 Å². The molecular formula is C37H51N7O7. The maximum absolute atomic E-state index is 13.7. The smallest absolute Gasteiger partial charge is 0.407 e. The summed E-state index contributed by atoms with van der Waals surface area (Å²) in [5.74, 6) is -1.46. The molecule has 0 radical (unpaired) electrons. The van der Waals surface area contributed by atoms with Crippen LogP contribution in [0.5, 0.6) is 0 Å². The molecule has 1 aromatic heterocycles. The third-order valence-electron chi connectivity index (χ3n) is 8.86. The molecule has 0 unspecified atom stereocenters. The Labute approximate surface area is 299 Å². The van der Waals surface area contributed by atoms with Crippen LogP contribution in [-0.4, -0.2) is 89.1 Å². The van der Waals surface area contributed by atoms with Gasteiger partial charge in [-0.3, -0.25) is 25.0 Å². The molecule has 3 aromatic rings. The fourth-order valence-electron chi connectivity index (χ4n) is 5.38. The van der Waals surface area contributed by atoms with Crippen molar-refractivity contribution < 1.29 is 33.8 Å². The van der Waals surface area contributed by atoms with Gasteiger partial charge in [0, 0.05) is 31.0 Å². The molecule has 4 amide bonds. The number of carbonyl (C=O) groups is 4. The van der Waals surface area contributed by atoms with Crippen molar-refractivity contribution in [1.82, 2.24) is 36.4 Å². The summed E-state index contributed by atoms with van der Waals surface area (Å²) in [4.78, 5) is 60.2. The summed E-state index contributed by atoms with van der Waals surface area (Å²) in [6.07, 6.45) is 3.62. The summed E-state index contributed by atoms with van der Waals surface area (Å²) in [6.45, 7) is 7.54. The molecule has 3 rings (SSSR count). The summed E-state index contributed by atoms with van der Waals surface area (Å²) in [6, 6.07) is 14.2. The van der Waals surface area contributed by atoms with Crippen LogP contribution in [0.25, 0.3) is 11.3 Å². The highest BCUT2D eigenvalue weighted by atomic mass is 16.5. The number of amides is 4. The minimum atomic E-state index is -1.21. The van der Waals surface area contributed by atoms with Gasteiger partial charge in [0.25, 0.3) is 5.91 Å². The Morgan fingerprint density at radius 2 is 1.37 bits per heavy atom. The number of nitrogens with zero attached hydrogens (tertiary/aromatic N) is 3. The monoisotopic (exact) mass is 705 g/mol. The Morgan fingerprint density at radius 1 is 0.784 bits per heavy atom. The number of aliphatic hydroxyl groups excluding tert-OH is 1. The molecule has 0 spiro atoms. The van der Waals surface area contributed by atoms with E-state index in [0.29, 0.717) is 18.5 Å². The molecule has 0 saturated carbocycles. The third kappa shape index (κ3) is 12.6. The number of aliphatic hydroxyl groups is 1. The van der Waals surface area contributed by atoms with E-state index in [1.165, 1.54) is 14.2 Å². The molecule has 5 N–H and O–H groups in total. The third-order valence-corrected chi connectivity index (χ3v) is 8.86. The highest BCUT2D eigenvalue weighted by Gasteiger charge is 2.33. The Balaban J connectivity index is 1.94. The van der Waals surface area contributed by atoms with Crippen LogP contribution in [0.4, 0.5) is 9.59 Å². The summed E-state index contributed by atoms with van der Waals surface area (Å²) in [5.41, 5.74) is 6.11. The minimum absolute atomic E-state index is 0.112. The van der Waals surface area contributed by atoms with Gasteiger partial charge in [0.1, 0.15) is 12.1 Å². The highest BCUT2D eigenvalue weighted by Crippen LogP contribution is 2.18. The summed E-state index contributed by atoms with van der Waals surface area (Å²) in [7, 11) is 2.45. The van der Waals surface area contributed by atoms with E-state index in [4.69, 9.17) is 9.47 Å². The number of methoxy groups -OCH3 is 2. The molecule has 51 heavy (non-hydrogen) atoms. The van der Waals surface area contributed by atoms with Gasteiger partial charge >= 0.3 is 12.2 Å². The van der Waals surface area contributed by atoms with Crippen molar-refractivity contribution in [3.63, 3.8) is 0 Å². The fourth-order valence-corrected chi connectivity index (χ4v) is 5.38. The first-order valence-electron chi connectivity index (χ1n) is 17.1. The number of carbonyl (C=O) groups excluding carboxylic acids is 4. The molecule has 1 heterocycles. The zero-order valence-electron chi connectivity index (χ0n) is 30.2. The fraction of sp³-hybridized carbons (Fsp3) is 0.459. The van der Waals surface area contributed by atoms with Crippen molar-refractivity contribution in [1.29, 1.82) is 0 Å². The summed E-state index contributed by atoms with van der Waals surface area (Å²) >= 11 is 0. The molecule has 0 aliphatic rings. The Hall–Kier alpha value is -5.08. The second kappa shape index (κ2) is 20.6. The first-order valence-corrected chi connectivity index (χ1v) is 17.1. The number of ether oxygens (including phenoxy) is 2. The number of aromatic nitrogens is 2. The van der Waals surface area contributed by atoms with Crippen molar-refractivity contribution in [2.24, 2.45) is 11.8 Å². The number of nitrogens with one attached hydrogen (secondary N) is 4. The Kier molecular flexibility index (Phi) is 16.3. The molecule has 0 aliphatic carbocycles. The first kappa shape index (κ1) is 40.4. The summed E-state index contributed by atoms with van der Waals surface area (Å²) in [5, 5.41) is 21.6. The van der Waals surface area contributed by atoms with Crippen LogP contribution in [0.3, 0.4) is 0 Å². The van der Waals surface area contributed by atoms with Crippen LogP contribution in [0, 0.1) is 11.8 Å². The molecule has 276 valence electrons. The lowest BCUT2D eigenvalue weighted by atomic mass is 9.96. The van der Waals surface area contributed by atoms with Gasteiger partial charge in [-0.2, -0.15) is 0 Å². The molecule has 0 fully saturated rings. The van der Waals surface area contributed by atoms with E-state index < -0.39 is 48.2 Å². The molecule has 0 bridgehead atoms. The molecule has 0 aliphatic heterocycles. The standard InChI is InChI=1S/C37H51N7O7/c1-7-24(3)32(41-36(48)50-5)34(46)40-29(20-26-12-10-9-11-13-26)31(45)23-44(43-35(47)33(25(4)8-2)42-37(49)51-6)22-27-14-16-28(17-15-27)30-21-38-18-19-39-30/h9-19,21,24-25,29,31-33,45H,7-8,20,22-23H2,1-6H3,(H,40,46)(H,41,48)(H,42,49)(H,43,47)/t24-,25-,29-,31-,32-,33-/m0/s1. The zero-order chi connectivity index (χ0) is 37.3. The van der Waals surface area contributed by atoms with Crippen LogP contribution < -0.4 is 21.4 Å². The van der Waals surface area contributed by atoms with Crippen molar-refractivity contribution in [3.8, 4) is 11.3 Å². The molecule has 14 nitrogen and oxygen atoms in total. The van der Waals surface area contributed by atoms with Gasteiger partial charge in [0.05, 0.1) is 38.3 Å². The number of rotatable bonds is 18. The van der Waals surface area contributed by atoms with E-state index >= 15 is 0 Å². The summed E-state index contributed by atoms with van der Waals surface area (Å²) < 4.78 is 9.53. The van der Waals surface area contributed by atoms with E-state index in [1.807, 2.05) is 82.3 Å². The predicted octanol–water partition coefficient (Wildman–Crippen LogP) is 3.61.